The molecule has 2 N–H and O–H groups in total. The first kappa shape index (κ1) is 24.2. The predicted molar refractivity (Wildman–Crippen MR) is 136 cm³/mol. The number of ether oxygens (including phenoxy) is 1. The topological polar surface area (TPSA) is 83.6 Å². The van der Waals surface area contributed by atoms with Gasteiger partial charge in [-0.15, -0.1) is 0 Å². The van der Waals surface area contributed by atoms with Crippen LogP contribution in [0.1, 0.15) is 62.9 Å². The molecule has 7 nitrogen and oxygen atoms in total. The minimum absolute atomic E-state index is 0.0661. The van der Waals surface area contributed by atoms with Crippen molar-refractivity contribution >= 4 is 40.7 Å². The Labute approximate surface area is 215 Å². The van der Waals surface area contributed by atoms with Gasteiger partial charge in [0.1, 0.15) is 11.4 Å². The van der Waals surface area contributed by atoms with Crippen molar-refractivity contribution in [2.45, 2.75) is 82.1 Å². The molecule has 9 heteroatoms. The second-order valence-corrected chi connectivity index (χ2v) is 11.1. The summed E-state index contributed by atoms with van der Waals surface area (Å²) in [5.74, 6) is 0.148. The quantitative estimate of drug-likeness (QED) is 0.554. The van der Waals surface area contributed by atoms with Crippen molar-refractivity contribution in [3.8, 4) is 5.75 Å². The summed E-state index contributed by atoms with van der Waals surface area (Å²) in [6.45, 7) is 3.48. The van der Waals surface area contributed by atoms with E-state index in [4.69, 9.17) is 27.9 Å². The zero-order chi connectivity index (χ0) is 24.7. The number of carbonyl (C=O) groups is 2. The molecule has 3 fully saturated rings. The lowest BCUT2D eigenvalue weighted by Crippen LogP contribution is -2.55. The Morgan fingerprint density at radius 3 is 2.31 bits per heavy atom. The lowest BCUT2D eigenvalue weighted by Gasteiger charge is -2.41. The highest BCUT2D eigenvalue weighted by atomic mass is 35.5. The number of anilines is 1. The van der Waals surface area contributed by atoms with Crippen molar-refractivity contribution in [2.75, 3.05) is 4.90 Å². The Morgan fingerprint density at radius 2 is 1.71 bits per heavy atom. The Morgan fingerprint density at radius 1 is 1.00 bits per heavy atom. The maximum atomic E-state index is 13.1. The van der Waals surface area contributed by atoms with E-state index < -0.39 is 5.60 Å². The number of amides is 2. The number of halogens is 2. The van der Waals surface area contributed by atoms with Crippen LogP contribution in [-0.2, 0) is 4.79 Å². The van der Waals surface area contributed by atoms with Crippen molar-refractivity contribution in [3.63, 3.8) is 0 Å². The maximum absolute atomic E-state index is 13.1. The van der Waals surface area contributed by atoms with E-state index in [0.29, 0.717) is 39.6 Å². The molecule has 2 atom stereocenters. The highest BCUT2D eigenvalue weighted by Crippen LogP contribution is 2.39. The molecule has 1 aromatic carbocycles. The number of nitrogens with zero attached hydrogens (tertiary/aromatic N) is 2. The SMILES string of the molecule is CC(C)(Oc1ccc(Cl)cc1Cl)C(=O)NC1CC2CCC(C1)N2c1ccc(C(=O)NC2CC2)nc1. The summed E-state index contributed by atoms with van der Waals surface area (Å²) in [7, 11) is 0. The molecule has 1 aliphatic carbocycles. The van der Waals surface area contributed by atoms with Gasteiger partial charge in [0.25, 0.3) is 11.8 Å². The molecule has 0 radical (unpaired) electrons. The lowest BCUT2D eigenvalue weighted by molar-refractivity contribution is -0.135. The van der Waals surface area contributed by atoms with Crippen LogP contribution in [0.5, 0.6) is 5.75 Å². The Balaban J connectivity index is 1.20. The molecule has 2 bridgehead atoms. The van der Waals surface area contributed by atoms with Gasteiger partial charge in [0.05, 0.1) is 16.9 Å². The van der Waals surface area contributed by atoms with Crippen LogP contribution in [0, 0.1) is 0 Å². The first-order valence-corrected chi connectivity index (χ1v) is 13.0. The molecule has 2 aliphatic heterocycles. The van der Waals surface area contributed by atoms with Gasteiger partial charge in [-0.2, -0.15) is 0 Å². The van der Waals surface area contributed by atoms with Crippen LogP contribution in [0.2, 0.25) is 10.0 Å². The molecule has 2 aromatic rings. The molecule has 0 spiro atoms. The third-order valence-electron chi connectivity index (χ3n) is 7.07. The third kappa shape index (κ3) is 5.36. The summed E-state index contributed by atoms with van der Waals surface area (Å²) < 4.78 is 5.96. The minimum atomic E-state index is -1.09. The summed E-state index contributed by atoms with van der Waals surface area (Å²) in [6.07, 6.45) is 7.75. The molecule has 2 unspecified atom stereocenters. The van der Waals surface area contributed by atoms with E-state index in [1.165, 1.54) is 0 Å². The van der Waals surface area contributed by atoms with Gasteiger partial charge in [0, 0.05) is 29.2 Å². The summed E-state index contributed by atoms with van der Waals surface area (Å²) in [4.78, 5) is 32.2. The van der Waals surface area contributed by atoms with Crippen molar-refractivity contribution in [1.82, 2.24) is 15.6 Å². The number of piperidine rings is 1. The number of carbonyl (C=O) groups excluding carboxylic acids is 2. The standard InChI is InChI=1S/C26H30Cl2N4O3/c1-26(2,35-23-10-3-15(27)11-21(23)28)25(34)31-17-12-18-6-7-19(13-17)32(18)20-8-9-22(29-14-20)24(33)30-16-4-5-16/h3,8-11,14,16-19H,4-7,12-13H2,1-2H3,(H,30,33)(H,31,34). The van der Waals surface area contributed by atoms with E-state index in [1.54, 1.807) is 38.2 Å². The molecule has 1 saturated carbocycles. The van der Waals surface area contributed by atoms with Gasteiger partial charge >= 0.3 is 0 Å². The van der Waals surface area contributed by atoms with Crippen LogP contribution in [-0.4, -0.2) is 46.6 Å². The summed E-state index contributed by atoms with van der Waals surface area (Å²) in [5, 5.41) is 7.06. The van der Waals surface area contributed by atoms with E-state index in [-0.39, 0.29) is 17.9 Å². The van der Waals surface area contributed by atoms with Crippen LogP contribution in [0.3, 0.4) is 0 Å². The molecule has 3 heterocycles. The molecule has 35 heavy (non-hydrogen) atoms. The van der Waals surface area contributed by atoms with Crippen LogP contribution in [0.25, 0.3) is 0 Å². The molecule has 3 aliphatic rings. The average Bonchev–Trinajstić information content (AvgIpc) is 3.58. The van der Waals surface area contributed by atoms with Crippen molar-refractivity contribution in [1.29, 1.82) is 0 Å². The van der Waals surface area contributed by atoms with Crippen molar-refractivity contribution in [3.05, 3.63) is 52.3 Å². The summed E-state index contributed by atoms with van der Waals surface area (Å²) in [5.41, 5.74) is 0.401. The van der Waals surface area contributed by atoms with Gasteiger partial charge in [-0.1, -0.05) is 23.2 Å². The minimum Gasteiger partial charge on any atom is -0.476 e. The normalized spacial score (nSPS) is 23.7. The second kappa shape index (κ2) is 9.51. The summed E-state index contributed by atoms with van der Waals surface area (Å²) in [6, 6.07) is 9.78. The van der Waals surface area contributed by atoms with Gasteiger partial charge in [-0.05, 0) is 82.7 Å². The van der Waals surface area contributed by atoms with Gasteiger partial charge in [0.2, 0.25) is 0 Å². The van der Waals surface area contributed by atoms with E-state index in [0.717, 1.165) is 44.2 Å². The fraction of sp³-hybridized carbons (Fsp3) is 0.500. The van der Waals surface area contributed by atoms with E-state index in [9.17, 15) is 9.59 Å². The number of nitrogens with one attached hydrogen (secondary N) is 2. The Hall–Kier alpha value is -2.51. The molecular formula is C26H30Cl2N4O3. The highest BCUT2D eigenvalue weighted by Gasteiger charge is 2.43. The molecule has 186 valence electrons. The number of benzene rings is 1. The smallest absolute Gasteiger partial charge is 0.270 e. The van der Waals surface area contributed by atoms with Crippen LogP contribution >= 0.6 is 23.2 Å². The lowest BCUT2D eigenvalue weighted by atomic mass is 9.95. The average molecular weight is 517 g/mol. The fourth-order valence-electron chi connectivity index (χ4n) is 5.12. The maximum Gasteiger partial charge on any atom is 0.270 e. The van der Waals surface area contributed by atoms with Crippen LogP contribution < -0.4 is 20.3 Å². The number of fused-ring (bicyclic) bond motifs is 2. The predicted octanol–water partition coefficient (Wildman–Crippen LogP) is 4.75. The monoisotopic (exact) mass is 516 g/mol. The molecule has 2 amide bonds. The van der Waals surface area contributed by atoms with Crippen LogP contribution in [0.15, 0.2) is 36.5 Å². The largest absolute Gasteiger partial charge is 0.476 e. The Bertz CT molecular complexity index is 1110. The zero-order valence-corrected chi connectivity index (χ0v) is 21.4. The van der Waals surface area contributed by atoms with Crippen LogP contribution in [0.4, 0.5) is 5.69 Å². The van der Waals surface area contributed by atoms with Gasteiger partial charge in [-0.3, -0.25) is 9.59 Å². The van der Waals surface area contributed by atoms with Crippen molar-refractivity contribution < 1.29 is 14.3 Å². The second-order valence-electron chi connectivity index (χ2n) is 10.3. The zero-order valence-electron chi connectivity index (χ0n) is 19.9. The van der Waals surface area contributed by atoms with Crippen molar-refractivity contribution in [2.24, 2.45) is 0 Å². The molecule has 2 saturated heterocycles. The molecule has 5 rings (SSSR count). The first-order valence-electron chi connectivity index (χ1n) is 12.2. The van der Waals surface area contributed by atoms with E-state index >= 15 is 0 Å². The Kier molecular flexibility index (Phi) is 6.57. The van der Waals surface area contributed by atoms with E-state index in [1.807, 2.05) is 12.1 Å². The number of hydrogen-bond acceptors (Lipinski definition) is 5. The first-order chi connectivity index (χ1) is 16.7. The number of pyridine rings is 1. The molecule has 1 aromatic heterocycles. The van der Waals surface area contributed by atoms with Gasteiger partial charge in [-0.25, -0.2) is 4.98 Å². The summed E-state index contributed by atoms with van der Waals surface area (Å²) >= 11 is 12.2. The molecular weight excluding hydrogens is 487 g/mol. The number of rotatable bonds is 7. The fourth-order valence-corrected chi connectivity index (χ4v) is 5.56. The van der Waals surface area contributed by atoms with Gasteiger partial charge < -0.3 is 20.3 Å². The number of aromatic nitrogens is 1. The number of hydrogen-bond donors (Lipinski definition) is 2. The highest BCUT2D eigenvalue weighted by molar-refractivity contribution is 6.35. The third-order valence-corrected chi connectivity index (χ3v) is 7.60. The van der Waals surface area contributed by atoms with Gasteiger partial charge in [0.15, 0.2) is 5.60 Å². The van der Waals surface area contributed by atoms with E-state index in [2.05, 4.69) is 20.5 Å².